The van der Waals surface area contributed by atoms with Gasteiger partial charge in [-0.05, 0) is 31.4 Å². The normalized spacial score (nSPS) is 11.9. The minimum atomic E-state index is -0.247. The van der Waals surface area contributed by atoms with Crippen LogP contribution in [0.15, 0.2) is 28.4 Å². The molecule has 0 saturated carbocycles. The van der Waals surface area contributed by atoms with Gasteiger partial charge in [-0.15, -0.1) is 10.2 Å². The molecule has 5 heteroatoms. The van der Waals surface area contributed by atoms with Crippen molar-refractivity contribution < 1.29 is 9.90 Å². The summed E-state index contributed by atoms with van der Waals surface area (Å²) in [5, 5.41) is 19.2. The predicted molar refractivity (Wildman–Crippen MR) is 92.2 cm³/mol. The van der Waals surface area contributed by atoms with Crippen LogP contribution < -0.4 is 0 Å². The van der Waals surface area contributed by atoms with Crippen LogP contribution in [0.25, 0.3) is 10.9 Å². The summed E-state index contributed by atoms with van der Waals surface area (Å²) < 4.78 is 1.84. The van der Waals surface area contributed by atoms with Crippen LogP contribution in [0, 0.1) is 12.8 Å². The van der Waals surface area contributed by atoms with Crippen molar-refractivity contribution in [1.82, 2.24) is 4.57 Å². The molecule has 2 aromatic rings. The SMILES string of the molecule is CCCCC(=O)N=Nc1c(O)n(CC(C)C)c2ccc(C)cc12. The molecular weight excluding hydrogens is 290 g/mol. The molecule has 23 heavy (non-hydrogen) atoms. The van der Waals surface area contributed by atoms with Crippen LogP contribution in [0.3, 0.4) is 0 Å². The number of hydrogen-bond acceptors (Lipinski definition) is 3. The van der Waals surface area contributed by atoms with Gasteiger partial charge in [0, 0.05) is 18.4 Å². The lowest BCUT2D eigenvalue weighted by Gasteiger charge is -2.09. The monoisotopic (exact) mass is 315 g/mol. The number of hydrogen-bond donors (Lipinski definition) is 1. The van der Waals surface area contributed by atoms with E-state index >= 15 is 0 Å². The molecule has 2 rings (SSSR count). The molecule has 1 N–H and O–H groups in total. The van der Waals surface area contributed by atoms with Crippen molar-refractivity contribution in [2.24, 2.45) is 16.1 Å². The molecule has 0 radical (unpaired) electrons. The largest absolute Gasteiger partial charge is 0.493 e. The molecule has 0 aliphatic rings. The zero-order chi connectivity index (χ0) is 17.0. The van der Waals surface area contributed by atoms with Crippen LogP contribution >= 0.6 is 0 Å². The van der Waals surface area contributed by atoms with Gasteiger partial charge in [-0.25, -0.2) is 0 Å². The molecule has 1 aromatic carbocycles. The highest BCUT2D eigenvalue weighted by Crippen LogP contribution is 2.39. The Bertz CT molecular complexity index is 729. The molecule has 0 saturated heterocycles. The zero-order valence-corrected chi connectivity index (χ0v) is 14.3. The van der Waals surface area contributed by atoms with Gasteiger partial charge < -0.3 is 9.67 Å². The maximum absolute atomic E-state index is 11.7. The first-order valence-electron chi connectivity index (χ1n) is 8.20. The maximum atomic E-state index is 11.7. The van der Waals surface area contributed by atoms with Gasteiger partial charge in [0.2, 0.25) is 5.88 Å². The number of aryl methyl sites for hydroxylation is 1. The number of azo groups is 1. The van der Waals surface area contributed by atoms with E-state index in [0.29, 0.717) is 24.6 Å². The van der Waals surface area contributed by atoms with E-state index in [1.54, 1.807) is 0 Å². The third-order valence-corrected chi connectivity index (χ3v) is 3.72. The molecule has 1 aromatic heterocycles. The molecule has 0 aliphatic carbocycles. The maximum Gasteiger partial charge on any atom is 0.264 e. The molecule has 1 heterocycles. The van der Waals surface area contributed by atoms with Gasteiger partial charge in [-0.3, -0.25) is 4.79 Å². The fourth-order valence-electron chi connectivity index (χ4n) is 2.57. The number of fused-ring (bicyclic) bond motifs is 1. The van der Waals surface area contributed by atoms with E-state index in [1.807, 2.05) is 36.6 Å². The Morgan fingerprint density at radius 3 is 2.74 bits per heavy atom. The number of amides is 1. The Kier molecular flexibility index (Phi) is 5.53. The van der Waals surface area contributed by atoms with Gasteiger partial charge in [0.15, 0.2) is 5.69 Å². The van der Waals surface area contributed by atoms with Gasteiger partial charge in [0.1, 0.15) is 0 Å². The average molecular weight is 315 g/mol. The van der Waals surface area contributed by atoms with Crippen LogP contribution in [-0.4, -0.2) is 15.6 Å². The molecule has 0 spiro atoms. The lowest BCUT2D eigenvalue weighted by atomic mass is 10.1. The second-order valence-corrected chi connectivity index (χ2v) is 6.39. The van der Waals surface area contributed by atoms with Gasteiger partial charge in [-0.1, -0.05) is 38.8 Å². The lowest BCUT2D eigenvalue weighted by Crippen LogP contribution is -2.03. The number of aromatic hydroxyl groups is 1. The topological polar surface area (TPSA) is 66.9 Å². The van der Waals surface area contributed by atoms with Crippen LogP contribution in [0.4, 0.5) is 5.69 Å². The van der Waals surface area contributed by atoms with E-state index in [4.69, 9.17) is 0 Å². The summed E-state index contributed by atoms with van der Waals surface area (Å²) in [6.07, 6.45) is 2.14. The highest BCUT2D eigenvalue weighted by molar-refractivity contribution is 5.95. The summed E-state index contributed by atoms with van der Waals surface area (Å²) in [5.74, 6) is 0.212. The van der Waals surface area contributed by atoms with Crippen molar-refractivity contribution >= 4 is 22.5 Å². The standard InChI is InChI=1S/C18H25N3O2/c1-5-6-7-16(22)19-20-17-14-10-13(4)8-9-15(14)21(18(17)23)11-12(2)3/h8-10,12,23H,5-7,11H2,1-4H3. The van der Waals surface area contributed by atoms with Crippen molar-refractivity contribution in [3.8, 4) is 5.88 Å². The smallest absolute Gasteiger partial charge is 0.264 e. The van der Waals surface area contributed by atoms with Crippen molar-refractivity contribution in [2.45, 2.75) is 53.5 Å². The van der Waals surface area contributed by atoms with Crippen molar-refractivity contribution in [1.29, 1.82) is 0 Å². The second-order valence-electron chi connectivity index (χ2n) is 6.39. The number of unbranched alkanes of at least 4 members (excludes halogenated alkanes) is 1. The number of benzene rings is 1. The Hall–Kier alpha value is -2.17. The van der Waals surface area contributed by atoms with Gasteiger partial charge in [0.25, 0.3) is 5.91 Å². The van der Waals surface area contributed by atoms with Gasteiger partial charge >= 0.3 is 0 Å². The van der Waals surface area contributed by atoms with E-state index in [-0.39, 0.29) is 11.8 Å². The number of aromatic nitrogens is 1. The molecule has 0 aliphatic heterocycles. The van der Waals surface area contributed by atoms with E-state index in [9.17, 15) is 9.90 Å². The molecule has 0 fully saturated rings. The third kappa shape index (κ3) is 3.97. The fraction of sp³-hybridized carbons (Fsp3) is 0.500. The van der Waals surface area contributed by atoms with Gasteiger partial charge in [0.05, 0.1) is 5.52 Å². The number of carbonyl (C=O) groups is 1. The molecule has 0 atom stereocenters. The highest BCUT2D eigenvalue weighted by Gasteiger charge is 2.17. The molecule has 1 amide bonds. The van der Waals surface area contributed by atoms with Crippen molar-refractivity contribution in [3.05, 3.63) is 23.8 Å². The molecule has 5 nitrogen and oxygen atoms in total. The first-order chi connectivity index (χ1) is 10.9. The molecule has 124 valence electrons. The average Bonchev–Trinajstić information content (AvgIpc) is 2.74. The molecular formula is C18H25N3O2. The lowest BCUT2D eigenvalue weighted by molar-refractivity contribution is -0.118. The molecule has 0 bridgehead atoms. The quantitative estimate of drug-likeness (QED) is 0.752. The minimum absolute atomic E-state index is 0.0753. The number of nitrogens with zero attached hydrogens (tertiary/aromatic N) is 3. The van der Waals surface area contributed by atoms with E-state index in [2.05, 4.69) is 24.1 Å². The van der Waals surface area contributed by atoms with Crippen molar-refractivity contribution in [3.63, 3.8) is 0 Å². The summed E-state index contributed by atoms with van der Waals surface area (Å²) in [6, 6.07) is 5.95. The summed E-state index contributed by atoms with van der Waals surface area (Å²) in [7, 11) is 0. The summed E-state index contributed by atoms with van der Waals surface area (Å²) >= 11 is 0. The van der Waals surface area contributed by atoms with Crippen LogP contribution in [0.1, 0.15) is 45.6 Å². The van der Waals surface area contributed by atoms with Gasteiger partial charge in [-0.2, -0.15) is 0 Å². The van der Waals surface area contributed by atoms with E-state index < -0.39 is 0 Å². The molecule has 0 unspecified atom stereocenters. The fourth-order valence-corrected chi connectivity index (χ4v) is 2.57. The van der Waals surface area contributed by atoms with Crippen LogP contribution in [0.2, 0.25) is 0 Å². The Labute approximate surface area is 137 Å². The Balaban J connectivity index is 2.45. The summed E-state index contributed by atoms with van der Waals surface area (Å²) in [5.41, 5.74) is 2.37. The summed E-state index contributed by atoms with van der Waals surface area (Å²) in [4.78, 5) is 11.7. The minimum Gasteiger partial charge on any atom is -0.493 e. The zero-order valence-electron chi connectivity index (χ0n) is 14.3. The highest BCUT2D eigenvalue weighted by atomic mass is 16.3. The second kappa shape index (κ2) is 7.40. The first-order valence-corrected chi connectivity index (χ1v) is 8.20. The summed E-state index contributed by atoms with van der Waals surface area (Å²) in [6.45, 7) is 8.89. The van der Waals surface area contributed by atoms with Crippen LogP contribution in [0.5, 0.6) is 5.88 Å². The van der Waals surface area contributed by atoms with Crippen LogP contribution in [-0.2, 0) is 11.3 Å². The number of rotatable bonds is 6. The Morgan fingerprint density at radius 1 is 1.35 bits per heavy atom. The Morgan fingerprint density at radius 2 is 2.09 bits per heavy atom. The first kappa shape index (κ1) is 17.2. The number of carbonyl (C=O) groups excluding carboxylic acids is 1. The third-order valence-electron chi connectivity index (χ3n) is 3.72. The van der Waals surface area contributed by atoms with E-state index in [1.165, 1.54) is 0 Å². The van der Waals surface area contributed by atoms with E-state index in [0.717, 1.165) is 29.3 Å². The predicted octanol–water partition coefficient (Wildman–Crippen LogP) is 5.11. The van der Waals surface area contributed by atoms with Crippen molar-refractivity contribution in [2.75, 3.05) is 0 Å².